The monoisotopic (exact) mass is 1080 g/mol. The van der Waals surface area contributed by atoms with Gasteiger partial charge in [-0.15, -0.1) is 0 Å². The third kappa shape index (κ3) is 23.5. The molecule has 2 saturated heterocycles. The maximum absolute atomic E-state index is 13.9. The Balaban J connectivity index is 1.99. The smallest absolute Gasteiger partial charge is 0.308 e. The Hall–Kier alpha value is -4.01. The number of allylic oxidation sites excluding steroid dienone is 12. The highest BCUT2D eigenvalue weighted by molar-refractivity contribution is 5.80. The number of amides is 2. The summed E-state index contributed by atoms with van der Waals surface area (Å²) in [5.41, 5.74) is 0. The fourth-order valence-electron chi connectivity index (χ4n) is 9.15. The van der Waals surface area contributed by atoms with Gasteiger partial charge in [0.2, 0.25) is 11.8 Å². The van der Waals surface area contributed by atoms with Crippen molar-refractivity contribution < 1.29 is 84.4 Å². The van der Waals surface area contributed by atoms with Gasteiger partial charge < -0.3 is 90.4 Å². The normalized spacial score (nSPS) is 40.7. The molecule has 0 aromatic rings. The van der Waals surface area contributed by atoms with Crippen LogP contribution < -0.4 is 10.6 Å². The fourth-order valence-corrected chi connectivity index (χ4v) is 9.15. The van der Waals surface area contributed by atoms with Gasteiger partial charge in [-0.3, -0.25) is 14.4 Å². The molecule has 0 unspecified atom stereocenters. The fraction of sp³-hybridized carbons (Fsp3) is 0.691. The van der Waals surface area contributed by atoms with E-state index in [1.165, 1.54) is 0 Å². The van der Waals surface area contributed by atoms with Gasteiger partial charge in [0.1, 0.15) is 18.3 Å². The van der Waals surface area contributed by atoms with Crippen LogP contribution in [0.3, 0.4) is 0 Å². The molecular weight excluding hydrogens is 989 g/mol. The average Bonchev–Trinajstić information content (AvgIpc) is 3.31. The highest BCUT2D eigenvalue weighted by atomic mass is 16.7. The maximum atomic E-state index is 13.9. The Kier molecular flexibility index (Phi) is 29.2. The minimum Gasteiger partial charge on any atom is -0.462 e. The van der Waals surface area contributed by atoms with E-state index >= 15 is 0 Å². The molecule has 0 radical (unpaired) electrons. The van der Waals surface area contributed by atoms with Gasteiger partial charge in [0.05, 0.1) is 86.0 Å². The van der Waals surface area contributed by atoms with Gasteiger partial charge >= 0.3 is 5.97 Å². The number of carbonyl (C=O) groups excluding carboxylic acids is 3. The van der Waals surface area contributed by atoms with Crippen molar-refractivity contribution in [3.63, 3.8) is 0 Å². The second kappa shape index (κ2) is 33.4. The molecular formula is C55H90N4O17. The number of cyclic esters (lactones) is 1. The summed E-state index contributed by atoms with van der Waals surface area (Å²) in [6.45, 7) is 7.38. The zero-order chi connectivity index (χ0) is 56.7. The molecule has 432 valence electrons. The molecule has 12 N–H and O–H groups in total. The summed E-state index contributed by atoms with van der Waals surface area (Å²) in [6, 6.07) is -1.22. The Morgan fingerprint density at radius 1 is 0.671 bits per heavy atom. The summed E-state index contributed by atoms with van der Waals surface area (Å²) >= 11 is 0. The van der Waals surface area contributed by atoms with Crippen LogP contribution in [0.4, 0.5) is 0 Å². The molecule has 2 amide bonds. The Bertz CT molecular complexity index is 1960. The Morgan fingerprint density at radius 3 is 1.83 bits per heavy atom. The van der Waals surface area contributed by atoms with E-state index in [0.717, 1.165) is 0 Å². The van der Waals surface area contributed by atoms with E-state index < -0.39 is 146 Å². The zero-order valence-electron chi connectivity index (χ0n) is 45.5. The molecule has 0 aromatic heterocycles. The van der Waals surface area contributed by atoms with Crippen LogP contribution in [0, 0.1) is 17.8 Å². The molecule has 3 rings (SSSR count). The van der Waals surface area contributed by atoms with Gasteiger partial charge in [-0.2, -0.15) is 0 Å². The molecule has 0 spiro atoms. The van der Waals surface area contributed by atoms with E-state index in [1.54, 1.807) is 94.5 Å². The summed E-state index contributed by atoms with van der Waals surface area (Å²) in [5, 5.41) is 117. The lowest BCUT2D eigenvalue weighted by molar-refractivity contribution is -0.309. The van der Waals surface area contributed by atoms with Crippen LogP contribution in [0.1, 0.15) is 79.1 Å². The van der Waals surface area contributed by atoms with Crippen LogP contribution in [0.15, 0.2) is 85.1 Å². The molecule has 2 bridgehead atoms. The third-order valence-electron chi connectivity index (χ3n) is 13.6. The Labute approximate surface area is 448 Å². The minimum absolute atomic E-state index is 0.0382. The topological polar surface area (TPSA) is 321 Å². The minimum atomic E-state index is -2.34. The van der Waals surface area contributed by atoms with Crippen LogP contribution in [0.5, 0.6) is 0 Å². The lowest BCUT2D eigenvalue weighted by Crippen LogP contribution is -2.64. The molecule has 3 aliphatic rings. The van der Waals surface area contributed by atoms with Crippen LogP contribution in [-0.4, -0.2) is 224 Å². The highest BCUT2D eigenvalue weighted by Gasteiger charge is 2.51. The molecule has 0 aliphatic carbocycles. The summed E-state index contributed by atoms with van der Waals surface area (Å²) in [4.78, 5) is 42.9. The van der Waals surface area contributed by atoms with Crippen molar-refractivity contribution in [3.8, 4) is 0 Å². The number of hydrogen-bond acceptors (Lipinski definition) is 19. The van der Waals surface area contributed by atoms with Crippen molar-refractivity contribution in [2.24, 2.45) is 17.8 Å². The number of ether oxygens (including phenoxy) is 4. The van der Waals surface area contributed by atoms with Crippen molar-refractivity contribution in [3.05, 3.63) is 85.1 Å². The van der Waals surface area contributed by atoms with Crippen molar-refractivity contribution in [2.75, 3.05) is 47.8 Å². The van der Waals surface area contributed by atoms with Gasteiger partial charge in [0.15, 0.2) is 12.1 Å². The maximum Gasteiger partial charge on any atom is 0.308 e. The van der Waals surface area contributed by atoms with E-state index in [-0.39, 0.29) is 51.1 Å². The lowest BCUT2D eigenvalue weighted by Gasteiger charge is -2.46. The van der Waals surface area contributed by atoms with Gasteiger partial charge in [-0.1, -0.05) is 98.9 Å². The molecule has 76 heavy (non-hydrogen) atoms. The van der Waals surface area contributed by atoms with E-state index in [1.807, 2.05) is 56.3 Å². The first-order valence-corrected chi connectivity index (χ1v) is 26.4. The number of hydrogen-bond donors (Lipinski definition) is 12. The molecule has 2 fully saturated rings. The predicted octanol–water partition coefficient (Wildman–Crippen LogP) is 0.0240. The number of carbonyl (C=O) groups is 3. The van der Waals surface area contributed by atoms with E-state index in [9.17, 15) is 65.4 Å². The molecule has 3 heterocycles. The Morgan fingerprint density at radius 2 is 1.24 bits per heavy atom. The number of aliphatic hydroxyl groups is 10. The number of rotatable bonds is 9. The van der Waals surface area contributed by atoms with Crippen LogP contribution in [-0.2, 0) is 33.3 Å². The van der Waals surface area contributed by atoms with Gasteiger partial charge in [-0.05, 0) is 67.7 Å². The lowest BCUT2D eigenvalue weighted by atomic mass is 9.82. The molecule has 21 heteroatoms. The van der Waals surface area contributed by atoms with Gasteiger partial charge in [0.25, 0.3) is 0 Å². The third-order valence-corrected chi connectivity index (χ3v) is 13.6. The molecule has 0 saturated carbocycles. The van der Waals surface area contributed by atoms with Crippen molar-refractivity contribution in [2.45, 2.75) is 177 Å². The van der Waals surface area contributed by atoms with Crippen molar-refractivity contribution in [1.82, 2.24) is 20.4 Å². The number of esters is 1. The summed E-state index contributed by atoms with van der Waals surface area (Å²) < 4.78 is 24.1. The largest absolute Gasteiger partial charge is 0.462 e. The van der Waals surface area contributed by atoms with Crippen LogP contribution >= 0.6 is 0 Å². The zero-order valence-corrected chi connectivity index (χ0v) is 45.5. The van der Waals surface area contributed by atoms with E-state index in [4.69, 9.17) is 18.9 Å². The SMILES string of the molecule is C[C@@H]1[C@H](O)[C@@H](C)/C=C/C=C/C=C/C=C/C=C/C=C/C=C/[C@H](O[C@@H]2O[C@H](C)[C@@H](O)[C@H](NC(=O)CN(C)C)[C@@H]2O)C[C@@H]2O[C@](O)(C[C@@H](O)[C@H](O)CC[C@@H](O)C[C@@H](O)C[C@@H](O)CC(=O)O[C@H]1C)C[C@H](O)[C@H]2C(=O)NCCN(C)C. The quantitative estimate of drug-likeness (QED) is 0.136. The van der Waals surface area contributed by atoms with Crippen LogP contribution in [0.25, 0.3) is 0 Å². The van der Waals surface area contributed by atoms with Crippen LogP contribution in [0.2, 0.25) is 0 Å². The number of fused-ring (bicyclic) bond motifs is 2. The van der Waals surface area contributed by atoms with E-state index in [0.29, 0.717) is 6.54 Å². The first-order valence-electron chi connectivity index (χ1n) is 26.4. The first-order chi connectivity index (χ1) is 35.8. The second-order valence-electron chi connectivity index (χ2n) is 21.1. The molecule has 21 nitrogen and oxygen atoms in total. The summed E-state index contributed by atoms with van der Waals surface area (Å²) in [5.74, 6) is -6.22. The highest BCUT2D eigenvalue weighted by Crippen LogP contribution is 2.38. The average molecular weight is 1080 g/mol. The number of nitrogens with one attached hydrogen (secondary N) is 2. The van der Waals surface area contributed by atoms with Gasteiger partial charge in [0, 0.05) is 44.2 Å². The van der Waals surface area contributed by atoms with Crippen molar-refractivity contribution >= 4 is 17.8 Å². The molecule has 3 aliphatic heterocycles. The van der Waals surface area contributed by atoms with Gasteiger partial charge in [-0.25, -0.2) is 0 Å². The van der Waals surface area contributed by atoms with E-state index in [2.05, 4.69) is 10.6 Å². The number of nitrogens with zero attached hydrogens (tertiary/aromatic N) is 2. The van der Waals surface area contributed by atoms with Crippen molar-refractivity contribution in [1.29, 1.82) is 0 Å². The first kappa shape index (κ1) is 66.3. The summed E-state index contributed by atoms with van der Waals surface area (Å²) in [6.07, 6.45) is 3.82. The second-order valence-corrected chi connectivity index (χ2v) is 21.1. The molecule has 0 aromatic carbocycles. The standard InChI is InChI=1S/C55H90N4O17/c1-34-21-19-17-15-13-11-9-10-12-14-16-18-20-22-41(75-54-52(70)49(51(69)37(4)74-54)57-46(66)33-59(7)8)30-45-48(53(71)56-25-26-58(5)6)44(65)32-55(72,76-45)31-43(64)42(63)24-23-38(60)27-39(61)28-40(62)29-47(67)73-36(3)35(2)50(34)68/h9-22,34-45,48-52,54,60-65,68-70,72H,23-33H2,1-8H3,(H,56,71)(H,57,66)/b10-9+,13-11+,14-12+,17-15+,18-16+,21-19+,22-20+/t34-,35-,36-,37+,38+,39+,40+,41-,42+,43+,44-,45-,48+,49-,50+,51+,52-,54-,55+/m0/s1. The summed E-state index contributed by atoms with van der Waals surface area (Å²) in [7, 11) is 7.00. The molecule has 19 atom stereocenters. The number of aliphatic hydroxyl groups excluding tert-OH is 9. The predicted molar refractivity (Wildman–Crippen MR) is 283 cm³/mol. The number of likely N-dealkylation sites (N-methyl/N-ethyl adjacent to an activating group) is 2.